The fourth-order valence-electron chi connectivity index (χ4n) is 2.69. The average Bonchev–Trinajstić information content (AvgIpc) is 3.44. The molecule has 0 aliphatic carbocycles. The molecule has 0 radical (unpaired) electrons. The first kappa shape index (κ1) is 18.7. The summed E-state index contributed by atoms with van der Waals surface area (Å²) >= 11 is 1.56. The molecule has 0 fully saturated rings. The maximum absolute atomic E-state index is 12.9. The molecule has 1 atom stereocenters. The summed E-state index contributed by atoms with van der Waals surface area (Å²) < 4.78 is 6.57. The number of thiophene rings is 1. The zero-order chi connectivity index (χ0) is 20.2. The van der Waals surface area contributed by atoms with E-state index in [4.69, 9.17) is 4.52 Å². The molecule has 1 N–H and O–H groups in total. The zero-order valence-electron chi connectivity index (χ0n) is 15.3. The molecular weight excluding hydrogens is 392 g/mol. The largest absolute Gasteiger partial charge is 0.349 e. The molecule has 10 heteroatoms. The van der Waals surface area contributed by atoms with E-state index in [0.717, 1.165) is 4.88 Å². The Morgan fingerprint density at radius 2 is 2.21 bits per heavy atom. The van der Waals surface area contributed by atoms with Crippen molar-refractivity contribution in [1.82, 2.24) is 30.0 Å². The minimum absolute atomic E-state index is 0.0520. The van der Waals surface area contributed by atoms with Crippen LogP contribution in [0, 0.1) is 0 Å². The van der Waals surface area contributed by atoms with E-state index < -0.39 is 11.6 Å². The van der Waals surface area contributed by atoms with Gasteiger partial charge < -0.3 is 14.4 Å². The molecule has 0 bridgehead atoms. The molecule has 29 heavy (non-hydrogen) atoms. The summed E-state index contributed by atoms with van der Waals surface area (Å²) in [5.41, 5.74) is 0.230. The molecule has 4 heterocycles. The topological polar surface area (TPSA) is 116 Å². The molecule has 0 spiro atoms. The number of aromatic nitrogens is 5. The van der Waals surface area contributed by atoms with Gasteiger partial charge in [-0.15, -0.1) is 11.3 Å². The van der Waals surface area contributed by atoms with Crippen LogP contribution in [-0.4, -0.2) is 30.6 Å². The van der Waals surface area contributed by atoms with E-state index >= 15 is 0 Å². The van der Waals surface area contributed by atoms with Crippen molar-refractivity contribution in [1.29, 1.82) is 0 Å². The Morgan fingerprint density at radius 1 is 1.31 bits per heavy atom. The molecule has 0 aromatic carbocycles. The molecule has 1 amide bonds. The highest BCUT2D eigenvalue weighted by Gasteiger charge is 2.20. The van der Waals surface area contributed by atoms with E-state index in [2.05, 4.69) is 25.4 Å². The molecule has 0 saturated heterocycles. The minimum Gasteiger partial charge on any atom is -0.349 e. The van der Waals surface area contributed by atoms with E-state index in [0.29, 0.717) is 12.2 Å². The minimum atomic E-state index is -0.704. The number of hydrogen-bond acceptors (Lipinski definition) is 8. The quantitative estimate of drug-likeness (QED) is 0.520. The number of nitrogens with one attached hydrogen (secondary N) is 1. The fourth-order valence-corrected chi connectivity index (χ4v) is 3.34. The number of hydrogen-bond donors (Lipinski definition) is 1. The monoisotopic (exact) mass is 408 g/mol. The Morgan fingerprint density at radius 3 is 2.97 bits per heavy atom. The maximum atomic E-state index is 12.9. The van der Waals surface area contributed by atoms with Gasteiger partial charge in [0.2, 0.25) is 11.7 Å². The number of carbonyl (C=O) groups is 1. The Kier molecular flexibility index (Phi) is 5.25. The number of nitrogens with zero attached hydrogens (tertiary/aromatic N) is 5. The van der Waals surface area contributed by atoms with E-state index in [9.17, 15) is 9.59 Å². The highest BCUT2D eigenvalue weighted by atomic mass is 32.1. The highest BCUT2D eigenvalue weighted by Crippen LogP contribution is 2.18. The van der Waals surface area contributed by atoms with Gasteiger partial charge in [0, 0.05) is 23.5 Å². The molecule has 146 valence electrons. The lowest BCUT2D eigenvalue weighted by atomic mass is 10.2. The predicted molar refractivity (Wildman–Crippen MR) is 106 cm³/mol. The van der Waals surface area contributed by atoms with Crippen molar-refractivity contribution in [2.45, 2.75) is 19.5 Å². The summed E-state index contributed by atoms with van der Waals surface area (Å²) in [5, 5.41) is 8.64. The third-order valence-corrected chi connectivity index (χ3v) is 5.11. The molecule has 9 nitrogen and oxygen atoms in total. The van der Waals surface area contributed by atoms with Gasteiger partial charge in [-0.1, -0.05) is 11.2 Å². The van der Waals surface area contributed by atoms with Crippen molar-refractivity contribution in [2.75, 3.05) is 0 Å². The number of carbonyl (C=O) groups excluding carboxylic acids is 1. The van der Waals surface area contributed by atoms with Gasteiger partial charge in [-0.2, -0.15) is 4.98 Å². The van der Waals surface area contributed by atoms with E-state index in [1.807, 2.05) is 17.5 Å². The lowest BCUT2D eigenvalue weighted by Crippen LogP contribution is -2.35. The molecule has 0 aliphatic heterocycles. The van der Waals surface area contributed by atoms with Gasteiger partial charge in [-0.05, 0) is 30.5 Å². The maximum Gasteiger partial charge on any atom is 0.264 e. The van der Waals surface area contributed by atoms with Crippen LogP contribution in [0.1, 0.15) is 17.8 Å². The van der Waals surface area contributed by atoms with Gasteiger partial charge in [0.05, 0.1) is 12.7 Å². The highest BCUT2D eigenvalue weighted by molar-refractivity contribution is 7.09. The van der Waals surface area contributed by atoms with Crippen LogP contribution < -0.4 is 10.9 Å². The van der Waals surface area contributed by atoms with Crippen molar-refractivity contribution in [2.24, 2.45) is 0 Å². The zero-order valence-corrected chi connectivity index (χ0v) is 16.2. The van der Waals surface area contributed by atoms with Crippen molar-refractivity contribution >= 4 is 17.2 Å². The normalized spacial score (nSPS) is 11.9. The molecule has 4 aromatic rings. The fraction of sp³-hybridized carbons (Fsp3) is 0.158. The molecule has 4 aromatic heterocycles. The second kappa shape index (κ2) is 8.15. The van der Waals surface area contributed by atoms with Gasteiger partial charge in [0.15, 0.2) is 0 Å². The van der Waals surface area contributed by atoms with Gasteiger partial charge in [0.25, 0.3) is 11.4 Å². The van der Waals surface area contributed by atoms with E-state index in [1.54, 1.807) is 36.6 Å². The lowest BCUT2D eigenvalue weighted by Gasteiger charge is -2.15. The SMILES string of the molecule is C[C@H](C(=O)NCc1cccs1)n1cccc(-c2nc(-c3cnccn3)no2)c1=O. The van der Waals surface area contributed by atoms with Crippen LogP contribution in [0.5, 0.6) is 0 Å². The molecule has 0 aliphatic rings. The molecule has 0 saturated carbocycles. The van der Waals surface area contributed by atoms with E-state index in [1.165, 1.54) is 23.2 Å². The summed E-state index contributed by atoms with van der Waals surface area (Å²) in [6.45, 7) is 2.08. The van der Waals surface area contributed by atoms with Crippen molar-refractivity contribution in [3.05, 3.63) is 69.7 Å². The van der Waals surface area contributed by atoms with Crippen molar-refractivity contribution in [3.8, 4) is 23.0 Å². The van der Waals surface area contributed by atoms with Gasteiger partial charge in [0.1, 0.15) is 17.3 Å². The van der Waals surface area contributed by atoms with Crippen LogP contribution in [0.25, 0.3) is 23.0 Å². The second-order valence-electron chi connectivity index (χ2n) is 6.12. The standard InChI is InChI=1S/C19H16N6O3S/c1-12(17(26)22-10-13-4-3-9-29-13)25-8-2-5-14(19(25)27)18-23-16(24-28-18)15-11-20-6-7-21-15/h2-9,11-12H,10H2,1H3,(H,22,26)/t12-/m1/s1. The van der Waals surface area contributed by atoms with Gasteiger partial charge in [-0.3, -0.25) is 14.6 Å². The molecular formula is C19H16N6O3S. The van der Waals surface area contributed by atoms with Crippen LogP contribution in [0.15, 0.2) is 63.8 Å². The first-order valence-corrected chi connectivity index (χ1v) is 9.63. The summed E-state index contributed by atoms with van der Waals surface area (Å²) in [7, 11) is 0. The summed E-state index contributed by atoms with van der Waals surface area (Å²) in [5.74, 6) is 0.0178. The summed E-state index contributed by atoms with van der Waals surface area (Å²) in [6, 6.07) is 6.38. The Labute approximate surface area is 169 Å². The Bertz CT molecular complexity index is 1170. The first-order chi connectivity index (χ1) is 14.1. The summed E-state index contributed by atoms with van der Waals surface area (Å²) in [4.78, 5) is 38.8. The van der Waals surface area contributed by atoms with Crippen LogP contribution in [0.2, 0.25) is 0 Å². The van der Waals surface area contributed by atoms with Crippen LogP contribution in [0.3, 0.4) is 0 Å². The van der Waals surface area contributed by atoms with Gasteiger partial charge >= 0.3 is 0 Å². The number of pyridine rings is 1. The Balaban J connectivity index is 1.56. The molecule has 4 rings (SSSR count). The van der Waals surface area contributed by atoms with Crippen molar-refractivity contribution in [3.63, 3.8) is 0 Å². The number of amides is 1. The predicted octanol–water partition coefficient (Wildman–Crippen LogP) is 2.29. The summed E-state index contributed by atoms with van der Waals surface area (Å²) in [6.07, 6.45) is 6.10. The first-order valence-electron chi connectivity index (χ1n) is 8.75. The third kappa shape index (κ3) is 3.97. The van der Waals surface area contributed by atoms with Crippen LogP contribution in [0.4, 0.5) is 0 Å². The van der Waals surface area contributed by atoms with Crippen molar-refractivity contribution < 1.29 is 9.32 Å². The van der Waals surface area contributed by atoms with Gasteiger partial charge in [-0.25, -0.2) is 4.98 Å². The average molecular weight is 408 g/mol. The second-order valence-corrected chi connectivity index (χ2v) is 7.15. The number of rotatable bonds is 6. The smallest absolute Gasteiger partial charge is 0.264 e. The van der Waals surface area contributed by atoms with Crippen LogP contribution in [-0.2, 0) is 11.3 Å². The Hall–Kier alpha value is -3.66. The van der Waals surface area contributed by atoms with Crippen LogP contribution >= 0.6 is 11.3 Å². The lowest BCUT2D eigenvalue weighted by molar-refractivity contribution is -0.124. The van der Waals surface area contributed by atoms with E-state index in [-0.39, 0.29) is 23.2 Å². The molecule has 0 unspecified atom stereocenters. The third-order valence-electron chi connectivity index (χ3n) is 4.24.